The predicted octanol–water partition coefficient (Wildman–Crippen LogP) is 2.85. The number of benzene rings is 2. The van der Waals surface area contributed by atoms with Crippen molar-refractivity contribution in [3.63, 3.8) is 0 Å². The molecule has 1 aliphatic carbocycles. The summed E-state index contributed by atoms with van der Waals surface area (Å²) in [6, 6.07) is 15.5. The summed E-state index contributed by atoms with van der Waals surface area (Å²) in [5, 5.41) is 0. The van der Waals surface area contributed by atoms with Crippen LogP contribution in [-0.4, -0.2) is 56.6 Å². The molecule has 1 fully saturated rings. The van der Waals surface area contributed by atoms with Crippen molar-refractivity contribution in [2.45, 2.75) is 42.7 Å². The third-order valence-corrected chi connectivity index (χ3v) is 7.42. The number of nitrogens with zero attached hydrogens (tertiary/aromatic N) is 2. The number of carbonyl (C=O) groups excluding carboxylic acids is 1. The number of fused-ring (bicyclic) bond motifs is 1. The fourth-order valence-corrected chi connectivity index (χ4v) is 5.36. The van der Waals surface area contributed by atoms with Crippen LogP contribution in [0.2, 0.25) is 0 Å². The molecule has 6 heteroatoms. The van der Waals surface area contributed by atoms with Gasteiger partial charge in [-0.25, -0.2) is 8.42 Å². The van der Waals surface area contributed by atoms with Gasteiger partial charge in [-0.05, 0) is 61.2 Å². The maximum Gasteiger partial charge on any atom is 0.227 e. The highest BCUT2D eigenvalue weighted by molar-refractivity contribution is 7.90. The van der Waals surface area contributed by atoms with Gasteiger partial charge in [0.2, 0.25) is 5.91 Å². The van der Waals surface area contributed by atoms with E-state index >= 15 is 0 Å². The molecule has 1 heterocycles. The quantitative estimate of drug-likeness (QED) is 0.758. The minimum atomic E-state index is -3.23. The predicted molar refractivity (Wildman–Crippen MR) is 114 cm³/mol. The number of sulfone groups is 1. The van der Waals surface area contributed by atoms with Crippen molar-refractivity contribution in [3.8, 4) is 0 Å². The number of hydrogen-bond acceptors (Lipinski definition) is 4. The van der Waals surface area contributed by atoms with Gasteiger partial charge in [0.25, 0.3) is 0 Å². The van der Waals surface area contributed by atoms with E-state index in [4.69, 9.17) is 0 Å². The lowest BCUT2D eigenvalue weighted by Crippen LogP contribution is -2.44. The van der Waals surface area contributed by atoms with Crippen molar-refractivity contribution in [1.29, 1.82) is 0 Å². The Kier molecular flexibility index (Phi) is 5.49. The average molecular weight is 413 g/mol. The maximum absolute atomic E-state index is 13.1. The van der Waals surface area contributed by atoms with Crippen LogP contribution in [0.15, 0.2) is 53.4 Å². The molecule has 0 aromatic heterocycles. The summed E-state index contributed by atoms with van der Waals surface area (Å²) in [6.45, 7) is 2.20. The molecule has 1 aliphatic heterocycles. The normalized spacial score (nSPS) is 21.9. The third kappa shape index (κ3) is 4.09. The number of hydrogen-bond donors (Lipinski definition) is 0. The fourth-order valence-electron chi connectivity index (χ4n) is 4.73. The molecular weight excluding hydrogens is 384 g/mol. The molecule has 154 valence electrons. The molecule has 29 heavy (non-hydrogen) atoms. The van der Waals surface area contributed by atoms with Gasteiger partial charge in [0.05, 0.1) is 17.4 Å². The topological polar surface area (TPSA) is 57.7 Å². The molecule has 0 radical (unpaired) electrons. The molecule has 2 atom stereocenters. The van der Waals surface area contributed by atoms with E-state index in [-0.39, 0.29) is 23.3 Å². The third-order valence-electron chi connectivity index (χ3n) is 6.29. The molecule has 2 unspecified atom stereocenters. The van der Waals surface area contributed by atoms with Crippen LogP contribution in [0.25, 0.3) is 0 Å². The Bertz CT molecular complexity index is 995. The van der Waals surface area contributed by atoms with Crippen molar-refractivity contribution in [2.24, 2.45) is 0 Å². The molecule has 0 N–H and O–H groups in total. The van der Waals surface area contributed by atoms with Gasteiger partial charge in [-0.1, -0.05) is 36.4 Å². The van der Waals surface area contributed by atoms with Gasteiger partial charge in [0.1, 0.15) is 0 Å². The van der Waals surface area contributed by atoms with Crippen LogP contribution in [0.5, 0.6) is 0 Å². The maximum atomic E-state index is 13.1. The SMILES string of the molecule is CN(C(=O)Cc1ccc(S(C)(=O)=O)cc1)C1c2ccccc2CC1N1CCCC1. The molecular formula is C23H28N2O3S. The first-order chi connectivity index (χ1) is 13.8. The van der Waals surface area contributed by atoms with Crippen LogP contribution in [0.3, 0.4) is 0 Å². The van der Waals surface area contributed by atoms with Crippen LogP contribution in [-0.2, 0) is 27.5 Å². The summed E-state index contributed by atoms with van der Waals surface area (Å²) >= 11 is 0. The lowest BCUT2D eigenvalue weighted by atomic mass is 10.0. The number of rotatable bonds is 5. The van der Waals surface area contributed by atoms with Crippen LogP contribution in [0.1, 0.15) is 35.6 Å². The number of amides is 1. The second-order valence-corrected chi connectivity index (χ2v) is 10.3. The fraction of sp³-hybridized carbons (Fsp3) is 0.435. The van der Waals surface area contributed by atoms with E-state index in [1.54, 1.807) is 24.3 Å². The highest BCUT2D eigenvalue weighted by atomic mass is 32.2. The van der Waals surface area contributed by atoms with Crippen LogP contribution in [0, 0.1) is 0 Å². The lowest BCUT2D eigenvalue weighted by Gasteiger charge is -2.35. The van der Waals surface area contributed by atoms with Gasteiger partial charge >= 0.3 is 0 Å². The van der Waals surface area contributed by atoms with E-state index in [0.29, 0.717) is 6.04 Å². The molecule has 4 rings (SSSR count). The molecule has 2 aromatic carbocycles. The molecule has 1 saturated heterocycles. The van der Waals surface area contributed by atoms with Gasteiger partial charge in [-0.3, -0.25) is 9.69 Å². The number of carbonyl (C=O) groups is 1. The van der Waals surface area contributed by atoms with E-state index in [1.807, 2.05) is 11.9 Å². The zero-order valence-electron chi connectivity index (χ0n) is 17.0. The summed E-state index contributed by atoms with van der Waals surface area (Å²) < 4.78 is 23.3. The second-order valence-electron chi connectivity index (χ2n) is 8.26. The molecule has 0 spiro atoms. The van der Waals surface area contributed by atoms with Crippen LogP contribution >= 0.6 is 0 Å². The van der Waals surface area contributed by atoms with Gasteiger partial charge in [0.15, 0.2) is 9.84 Å². The van der Waals surface area contributed by atoms with Crippen molar-refractivity contribution >= 4 is 15.7 Å². The van der Waals surface area contributed by atoms with Crippen molar-refractivity contribution < 1.29 is 13.2 Å². The van der Waals surface area contributed by atoms with Gasteiger partial charge < -0.3 is 4.90 Å². The Morgan fingerprint density at radius 1 is 1.07 bits per heavy atom. The summed E-state index contributed by atoms with van der Waals surface area (Å²) in [7, 11) is -1.32. The Hall–Kier alpha value is -2.18. The van der Waals surface area contributed by atoms with Gasteiger partial charge in [-0.2, -0.15) is 0 Å². The molecule has 2 aliphatic rings. The monoisotopic (exact) mass is 412 g/mol. The first-order valence-corrected chi connectivity index (χ1v) is 12.1. The number of likely N-dealkylation sites (N-methyl/N-ethyl adjacent to an activating group) is 1. The molecule has 0 saturated carbocycles. The Balaban J connectivity index is 1.54. The second kappa shape index (κ2) is 7.92. The average Bonchev–Trinajstić information content (AvgIpc) is 3.34. The first-order valence-electron chi connectivity index (χ1n) is 10.2. The zero-order valence-corrected chi connectivity index (χ0v) is 17.9. The van der Waals surface area contributed by atoms with Crippen molar-refractivity contribution in [3.05, 3.63) is 65.2 Å². The van der Waals surface area contributed by atoms with Crippen molar-refractivity contribution in [1.82, 2.24) is 9.80 Å². The highest BCUT2D eigenvalue weighted by Gasteiger charge is 2.40. The minimum absolute atomic E-state index is 0.0583. The molecule has 0 bridgehead atoms. The van der Waals surface area contributed by atoms with Crippen LogP contribution < -0.4 is 0 Å². The Labute approximate surface area is 173 Å². The van der Waals surface area contributed by atoms with Gasteiger partial charge in [0, 0.05) is 19.3 Å². The summed E-state index contributed by atoms with van der Waals surface area (Å²) in [4.78, 5) is 17.9. The van der Waals surface area contributed by atoms with E-state index < -0.39 is 9.84 Å². The van der Waals surface area contributed by atoms with Crippen LogP contribution in [0.4, 0.5) is 0 Å². The van der Waals surface area contributed by atoms with Gasteiger partial charge in [-0.15, -0.1) is 0 Å². The Morgan fingerprint density at radius 2 is 1.72 bits per heavy atom. The smallest absolute Gasteiger partial charge is 0.227 e. The minimum Gasteiger partial charge on any atom is -0.337 e. The zero-order chi connectivity index (χ0) is 20.6. The summed E-state index contributed by atoms with van der Waals surface area (Å²) in [5.74, 6) is 0.0583. The molecule has 5 nitrogen and oxygen atoms in total. The summed E-state index contributed by atoms with van der Waals surface area (Å²) in [6.07, 6.45) is 4.90. The standard InChI is InChI=1S/C23H28N2O3S/c1-24(22(26)15-17-9-11-19(12-10-17)29(2,27)28)23-20-8-4-3-7-18(20)16-21(23)25-13-5-6-14-25/h3-4,7-12,21,23H,5-6,13-16H2,1-2H3. The molecule has 1 amide bonds. The Morgan fingerprint density at radius 3 is 2.38 bits per heavy atom. The highest BCUT2D eigenvalue weighted by Crippen LogP contribution is 2.39. The largest absolute Gasteiger partial charge is 0.337 e. The summed E-state index contributed by atoms with van der Waals surface area (Å²) in [5.41, 5.74) is 3.43. The van der Waals surface area contributed by atoms with Crippen molar-refractivity contribution in [2.75, 3.05) is 26.4 Å². The van der Waals surface area contributed by atoms with E-state index in [9.17, 15) is 13.2 Å². The molecule has 2 aromatic rings. The van der Waals surface area contributed by atoms with E-state index in [2.05, 4.69) is 29.2 Å². The first kappa shape index (κ1) is 20.1. The lowest BCUT2D eigenvalue weighted by molar-refractivity contribution is -0.132. The number of likely N-dealkylation sites (tertiary alicyclic amines) is 1. The van der Waals surface area contributed by atoms with E-state index in [1.165, 1.54) is 30.2 Å². The van der Waals surface area contributed by atoms with E-state index in [0.717, 1.165) is 25.1 Å².